The summed E-state index contributed by atoms with van der Waals surface area (Å²) >= 11 is 0. The average molecular weight is 360 g/mol. The Balaban J connectivity index is 1.58. The van der Waals surface area contributed by atoms with E-state index in [4.69, 9.17) is 0 Å². The Bertz CT molecular complexity index is 756. The number of carbonyl (C=O) groups is 2. The first-order valence-electron chi connectivity index (χ1n) is 9.09. The maximum Gasteiger partial charge on any atom is 0.254 e. The molecule has 0 aromatic carbocycles. The molecule has 0 saturated carbocycles. The minimum atomic E-state index is -0.701. The minimum absolute atomic E-state index is 0.0464. The predicted molar refractivity (Wildman–Crippen MR) is 98.8 cm³/mol. The third-order valence-corrected chi connectivity index (χ3v) is 5.58. The number of aryl methyl sites for hydroxylation is 2. The van der Waals surface area contributed by atoms with E-state index in [1.165, 1.54) is 0 Å². The van der Waals surface area contributed by atoms with E-state index < -0.39 is 5.54 Å². The van der Waals surface area contributed by atoms with Gasteiger partial charge in [0.2, 0.25) is 11.9 Å². The largest absolute Gasteiger partial charge is 0.349 e. The molecule has 0 unspecified atom stereocenters. The van der Waals surface area contributed by atoms with Crippen LogP contribution >= 0.6 is 0 Å². The molecule has 26 heavy (non-hydrogen) atoms. The summed E-state index contributed by atoms with van der Waals surface area (Å²) in [6.45, 7) is 5.16. The van der Waals surface area contributed by atoms with E-state index in [0.29, 0.717) is 44.7 Å². The van der Waals surface area contributed by atoms with Crippen LogP contribution in [0.3, 0.4) is 0 Å². The first-order chi connectivity index (χ1) is 12.2. The van der Waals surface area contributed by atoms with Crippen LogP contribution in [0.15, 0.2) is 4.99 Å². The third kappa shape index (κ3) is 3.20. The summed E-state index contributed by atoms with van der Waals surface area (Å²) in [5, 5.41) is 7.25. The Morgan fingerprint density at radius 2 is 1.92 bits per heavy atom. The summed E-state index contributed by atoms with van der Waals surface area (Å²) in [7, 11) is 5.64. The van der Waals surface area contributed by atoms with Crippen molar-refractivity contribution in [1.82, 2.24) is 24.9 Å². The minimum Gasteiger partial charge on any atom is -0.349 e. The van der Waals surface area contributed by atoms with Gasteiger partial charge in [0.25, 0.3) is 5.91 Å². The number of piperidine rings is 1. The van der Waals surface area contributed by atoms with Crippen LogP contribution in [-0.2, 0) is 23.1 Å². The number of hydrogen-bond donors (Lipinski definition) is 1. The number of aromatic nitrogens is 2. The highest BCUT2D eigenvalue weighted by Crippen LogP contribution is 2.30. The smallest absolute Gasteiger partial charge is 0.254 e. The quantitative estimate of drug-likeness (QED) is 0.845. The molecule has 0 bridgehead atoms. The lowest BCUT2D eigenvalue weighted by atomic mass is 9.88. The van der Waals surface area contributed by atoms with E-state index in [2.05, 4.69) is 15.4 Å². The molecule has 8 nitrogen and oxygen atoms in total. The number of amides is 2. The zero-order valence-corrected chi connectivity index (χ0v) is 16.3. The summed E-state index contributed by atoms with van der Waals surface area (Å²) < 4.78 is 1.86. The Labute approximate surface area is 154 Å². The van der Waals surface area contributed by atoms with Gasteiger partial charge in [-0.25, -0.2) is 4.99 Å². The highest BCUT2D eigenvalue weighted by atomic mass is 16.2. The third-order valence-electron chi connectivity index (χ3n) is 5.58. The van der Waals surface area contributed by atoms with Crippen LogP contribution in [-0.4, -0.2) is 70.1 Å². The van der Waals surface area contributed by atoms with Crippen LogP contribution in [0.4, 0.5) is 0 Å². The van der Waals surface area contributed by atoms with Crippen molar-refractivity contribution in [3.05, 3.63) is 17.0 Å². The molecule has 0 atom stereocenters. The Hall–Kier alpha value is -2.38. The highest BCUT2D eigenvalue weighted by molar-refractivity contribution is 6.07. The van der Waals surface area contributed by atoms with E-state index >= 15 is 0 Å². The lowest BCUT2D eigenvalue weighted by Gasteiger charge is -2.35. The van der Waals surface area contributed by atoms with Crippen LogP contribution in [0, 0.1) is 13.8 Å². The number of likely N-dealkylation sites (tertiary alicyclic amines) is 1. The van der Waals surface area contributed by atoms with E-state index in [9.17, 15) is 9.59 Å². The fraction of sp³-hybridized carbons (Fsp3) is 0.667. The van der Waals surface area contributed by atoms with Crippen molar-refractivity contribution in [2.45, 2.75) is 45.1 Å². The predicted octanol–water partition coefficient (Wildman–Crippen LogP) is 0.378. The number of aliphatic imine (C=N–C) groups is 1. The molecule has 142 valence electrons. The summed E-state index contributed by atoms with van der Waals surface area (Å²) in [6.07, 6.45) is 2.33. The van der Waals surface area contributed by atoms with Crippen molar-refractivity contribution in [3.8, 4) is 0 Å². The van der Waals surface area contributed by atoms with Gasteiger partial charge < -0.3 is 9.80 Å². The van der Waals surface area contributed by atoms with E-state index in [-0.39, 0.29) is 11.8 Å². The second-order valence-electron chi connectivity index (χ2n) is 7.47. The van der Waals surface area contributed by atoms with Crippen LogP contribution < -0.4 is 5.32 Å². The van der Waals surface area contributed by atoms with E-state index in [0.717, 1.165) is 17.0 Å². The van der Waals surface area contributed by atoms with Gasteiger partial charge >= 0.3 is 0 Å². The standard InChI is InChI=1S/C18H28N6O2/c1-12-14(13(2)23(5)21-12)6-7-15(25)24-10-8-18(9-11-24)16(26)19-17(20-18)22(3)4/h6-11H2,1-5H3,(H,19,20,26). The van der Waals surface area contributed by atoms with Gasteiger partial charge in [0.05, 0.1) is 5.69 Å². The SMILES string of the molecule is Cc1nn(C)c(C)c1CCC(=O)N1CCC2(CC1)N=C(N(C)C)NC2=O. The van der Waals surface area contributed by atoms with Gasteiger partial charge in [-0.05, 0) is 38.7 Å². The topological polar surface area (TPSA) is 82.8 Å². The molecular formula is C18H28N6O2. The molecule has 1 aromatic heterocycles. The molecule has 1 saturated heterocycles. The molecule has 2 amide bonds. The van der Waals surface area contributed by atoms with Crippen molar-refractivity contribution >= 4 is 17.8 Å². The van der Waals surface area contributed by atoms with Crippen molar-refractivity contribution in [3.63, 3.8) is 0 Å². The Kier molecular flexibility index (Phi) is 4.77. The number of carbonyl (C=O) groups excluding carboxylic acids is 2. The first kappa shape index (κ1) is 18.4. The fourth-order valence-electron chi connectivity index (χ4n) is 3.75. The molecular weight excluding hydrogens is 332 g/mol. The summed E-state index contributed by atoms with van der Waals surface area (Å²) in [5.74, 6) is 0.699. The maximum absolute atomic E-state index is 12.6. The van der Waals surface area contributed by atoms with E-state index in [1.54, 1.807) is 0 Å². The Morgan fingerprint density at radius 1 is 1.27 bits per heavy atom. The summed E-state index contributed by atoms with van der Waals surface area (Å²) in [5.41, 5.74) is 2.56. The lowest BCUT2D eigenvalue weighted by Crippen LogP contribution is -2.50. The number of nitrogens with one attached hydrogen (secondary N) is 1. The van der Waals surface area contributed by atoms with Crippen molar-refractivity contribution in [2.24, 2.45) is 12.0 Å². The van der Waals surface area contributed by atoms with Crippen molar-refractivity contribution < 1.29 is 9.59 Å². The molecule has 3 rings (SSSR count). The Morgan fingerprint density at radius 3 is 2.42 bits per heavy atom. The zero-order chi connectivity index (χ0) is 19.1. The van der Waals surface area contributed by atoms with Gasteiger partial charge in [-0.2, -0.15) is 5.10 Å². The molecule has 2 aliphatic rings. The summed E-state index contributed by atoms with van der Waals surface area (Å²) in [4.78, 5) is 33.3. The normalized spacial score (nSPS) is 18.9. The van der Waals surface area contributed by atoms with Crippen molar-refractivity contribution in [2.75, 3.05) is 27.2 Å². The molecule has 8 heteroatoms. The lowest BCUT2D eigenvalue weighted by molar-refractivity contribution is -0.135. The van der Waals surface area contributed by atoms with Crippen LogP contribution in [0.5, 0.6) is 0 Å². The highest BCUT2D eigenvalue weighted by Gasteiger charge is 2.46. The number of rotatable bonds is 3. The number of guanidine groups is 1. The molecule has 1 spiro atoms. The average Bonchev–Trinajstić information content (AvgIpc) is 3.04. The maximum atomic E-state index is 12.6. The van der Waals surface area contributed by atoms with Gasteiger partial charge in [0.15, 0.2) is 0 Å². The molecule has 0 radical (unpaired) electrons. The fourth-order valence-corrected chi connectivity index (χ4v) is 3.75. The monoisotopic (exact) mass is 360 g/mol. The van der Waals surface area contributed by atoms with Crippen LogP contribution in [0.2, 0.25) is 0 Å². The molecule has 1 N–H and O–H groups in total. The van der Waals surface area contributed by atoms with Gasteiger partial charge in [-0.3, -0.25) is 19.6 Å². The van der Waals surface area contributed by atoms with Crippen LogP contribution in [0.1, 0.15) is 36.2 Å². The number of nitrogens with zero attached hydrogens (tertiary/aromatic N) is 5. The van der Waals surface area contributed by atoms with Gasteiger partial charge in [0, 0.05) is 46.3 Å². The summed E-state index contributed by atoms with van der Waals surface area (Å²) in [6, 6.07) is 0. The molecule has 0 aliphatic carbocycles. The molecule has 1 fully saturated rings. The van der Waals surface area contributed by atoms with Crippen molar-refractivity contribution in [1.29, 1.82) is 0 Å². The number of hydrogen-bond acceptors (Lipinski definition) is 5. The van der Waals surface area contributed by atoms with Gasteiger partial charge in [0.1, 0.15) is 5.54 Å². The van der Waals surface area contributed by atoms with Gasteiger partial charge in [-0.1, -0.05) is 0 Å². The van der Waals surface area contributed by atoms with Gasteiger partial charge in [-0.15, -0.1) is 0 Å². The first-order valence-corrected chi connectivity index (χ1v) is 9.09. The second-order valence-corrected chi connectivity index (χ2v) is 7.47. The second kappa shape index (κ2) is 6.74. The molecule has 3 heterocycles. The van der Waals surface area contributed by atoms with E-state index in [1.807, 2.05) is 49.5 Å². The molecule has 1 aromatic rings. The molecule has 2 aliphatic heterocycles. The zero-order valence-electron chi connectivity index (χ0n) is 16.3. The van der Waals surface area contributed by atoms with Crippen LogP contribution in [0.25, 0.3) is 0 Å².